The Kier molecular flexibility index (Phi) is 5.67. The fraction of sp³-hybridized carbons (Fsp3) is 0.529. The second-order valence-electron chi connectivity index (χ2n) is 6.18. The van der Waals surface area contributed by atoms with E-state index in [9.17, 15) is 9.59 Å². The quantitative estimate of drug-likeness (QED) is 0.646. The monoisotopic (exact) mass is 291 g/mol. The molecule has 0 unspecified atom stereocenters. The molecule has 1 rings (SSSR count). The van der Waals surface area contributed by atoms with Crippen molar-refractivity contribution in [3.8, 4) is 5.75 Å². The molecule has 0 saturated heterocycles. The lowest BCUT2D eigenvalue weighted by Crippen LogP contribution is -2.25. The number of carbonyl (C=O) groups excluding carboxylic acids is 2. The van der Waals surface area contributed by atoms with Crippen molar-refractivity contribution < 1.29 is 14.3 Å². The summed E-state index contributed by atoms with van der Waals surface area (Å²) in [5.41, 5.74) is 7.83. The van der Waals surface area contributed by atoms with Crippen molar-refractivity contribution in [2.24, 2.45) is 5.73 Å². The third-order valence-electron chi connectivity index (χ3n) is 3.49. The largest absolute Gasteiger partial charge is 0.426 e. The van der Waals surface area contributed by atoms with Crippen LogP contribution in [0.2, 0.25) is 0 Å². The molecule has 4 heteroatoms. The van der Waals surface area contributed by atoms with Crippen LogP contribution < -0.4 is 10.5 Å². The van der Waals surface area contributed by atoms with Crippen LogP contribution >= 0.6 is 0 Å². The molecule has 116 valence electrons. The lowest BCUT2D eigenvalue weighted by atomic mass is 9.77. The average molecular weight is 291 g/mol. The lowest BCUT2D eigenvalue weighted by molar-refractivity contribution is -0.134. The van der Waals surface area contributed by atoms with E-state index < -0.39 is 0 Å². The van der Waals surface area contributed by atoms with Crippen LogP contribution in [0.15, 0.2) is 12.1 Å². The highest BCUT2D eigenvalue weighted by atomic mass is 16.5. The van der Waals surface area contributed by atoms with Crippen LogP contribution in [0.4, 0.5) is 0 Å². The zero-order chi connectivity index (χ0) is 16.2. The number of carbonyl (C=O) groups is 2. The van der Waals surface area contributed by atoms with E-state index in [4.69, 9.17) is 10.5 Å². The molecule has 0 aromatic heterocycles. The summed E-state index contributed by atoms with van der Waals surface area (Å²) in [6.45, 7) is 9.70. The van der Waals surface area contributed by atoms with Crippen LogP contribution in [0.1, 0.15) is 50.3 Å². The van der Waals surface area contributed by atoms with Gasteiger partial charge in [0.25, 0.3) is 0 Å². The maximum Gasteiger partial charge on any atom is 0.312 e. The fourth-order valence-electron chi connectivity index (χ4n) is 2.75. The summed E-state index contributed by atoms with van der Waals surface area (Å²) in [4.78, 5) is 23.3. The number of aryl methyl sites for hydroxylation is 2. The van der Waals surface area contributed by atoms with Gasteiger partial charge in [-0.25, -0.2) is 0 Å². The number of nitrogens with two attached hydrogens (primary N) is 1. The normalized spacial score (nSPS) is 11.3. The first kappa shape index (κ1) is 17.4. The predicted octanol–water partition coefficient (Wildman–Crippen LogP) is 2.81. The third-order valence-corrected chi connectivity index (χ3v) is 3.49. The maximum absolute atomic E-state index is 11.8. The van der Waals surface area contributed by atoms with Gasteiger partial charge in [-0.3, -0.25) is 9.59 Å². The van der Waals surface area contributed by atoms with Crippen molar-refractivity contribution in [1.29, 1.82) is 0 Å². The Balaban J connectivity index is 3.32. The average Bonchev–Trinajstić information content (AvgIpc) is 2.32. The number of hydrogen-bond acceptors (Lipinski definition) is 4. The van der Waals surface area contributed by atoms with E-state index in [0.29, 0.717) is 12.2 Å². The predicted molar refractivity (Wildman–Crippen MR) is 83.5 cm³/mol. The van der Waals surface area contributed by atoms with Gasteiger partial charge in [0.1, 0.15) is 11.5 Å². The molecule has 2 N–H and O–H groups in total. The number of esters is 1. The van der Waals surface area contributed by atoms with Gasteiger partial charge in [0.2, 0.25) is 0 Å². The van der Waals surface area contributed by atoms with Crippen LogP contribution in [0.25, 0.3) is 0 Å². The van der Waals surface area contributed by atoms with Crippen molar-refractivity contribution in [3.05, 3.63) is 28.8 Å². The van der Waals surface area contributed by atoms with Crippen LogP contribution in [-0.2, 0) is 15.0 Å². The first-order valence-electron chi connectivity index (χ1n) is 7.20. The Morgan fingerprint density at radius 3 is 2.29 bits per heavy atom. The van der Waals surface area contributed by atoms with Crippen molar-refractivity contribution in [1.82, 2.24) is 0 Å². The van der Waals surface area contributed by atoms with Crippen LogP contribution in [-0.4, -0.2) is 18.3 Å². The summed E-state index contributed by atoms with van der Waals surface area (Å²) in [7, 11) is 0. The Morgan fingerprint density at radius 2 is 1.76 bits per heavy atom. The van der Waals surface area contributed by atoms with Crippen molar-refractivity contribution in [2.75, 3.05) is 6.54 Å². The molecule has 0 bridgehead atoms. The van der Waals surface area contributed by atoms with E-state index in [1.54, 1.807) is 6.92 Å². The van der Waals surface area contributed by atoms with Crippen molar-refractivity contribution >= 4 is 11.8 Å². The molecule has 0 aliphatic heterocycles. The van der Waals surface area contributed by atoms with E-state index in [2.05, 4.69) is 0 Å². The molecule has 0 aliphatic carbocycles. The van der Waals surface area contributed by atoms with E-state index in [1.807, 2.05) is 39.8 Å². The zero-order valence-corrected chi connectivity index (χ0v) is 13.6. The van der Waals surface area contributed by atoms with Crippen LogP contribution in [0, 0.1) is 13.8 Å². The van der Waals surface area contributed by atoms with Gasteiger partial charge in [0, 0.05) is 23.9 Å². The minimum absolute atomic E-state index is 0.111. The molecule has 0 amide bonds. The highest BCUT2D eigenvalue weighted by Gasteiger charge is 2.29. The number of ketones is 1. The first-order valence-corrected chi connectivity index (χ1v) is 7.20. The van der Waals surface area contributed by atoms with Gasteiger partial charge < -0.3 is 10.5 Å². The molecule has 1 aromatic rings. The first-order chi connectivity index (χ1) is 9.69. The van der Waals surface area contributed by atoms with Crippen molar-refractivity contribution in [2.45, 2.75) is 52.9 Å². The number of hydrogen-bond donors (Lipinski definition) is 1. The molecule has 0 aliphatic rings. The van der Waals surface area contributed by atoms with Gasteiger partial charge >= 0.3 is 5.97 Å². The van der Waals surface area contributed by atoms with Gasteiger partial charge in [-0.05, 0) is 31.9 Å². The Hall–Kier alpha value is -1.68. The molecule has 0 spiro atoms. The van der Waals surface area contributed by atoms with Gasteiger partial charge in [-0.1, -0.05) is 26.0 Å². The number of ether oxygens (including phenoxy) is 1. The SMILES string of the molecule is CC(=O)CC(C)(C)c1c(C)ccc(C)c1OC(=O)CCN. The second kappa shape index (κ2) is 6.85. The molecule has 0 radical (unpaired) electrons. The van der Waals surface area contributed by atoms with Gasteiger partial charge in [0.15, 0.2) is 0 Å². The Bertz CT molecular complexity index is 547. The van der Waals surface area contributed by atoms with Crippen molar-refractivity contribution in [3.63, 3.8) is 0 Å². The second-order valence-corrected chi connectivity index (χ2v) is 6.18. The third kappa shape index (κ3) is 4.39. The van der Waals surface area contributed by atoms with Gasteiger partial charge in [-0.15, -0.1) is 0 Å². The molecule has 0 heterocycles. The summed E-state index contributed by atoms with van der Waals surface area (Å²) in [5, 5.41) is 0. The highest BCUT2D eigenvalue weighted by molar-refractivity contribution is 5.78. The summed E-state index contributed by atoms with van der Waals surface area (Å²) < 4.78 is 5.54. The summed E-state index contributed by atoms with van der Waals surface area (Å²) >= 11 is 0. The molecule has 0 saturated carbocycles. The highest BCUT2D eigenvalue weighted by Crippen LogP contribution is 2.39. The Morgan fingerprint density at radius 1 is 1.19 bits per heavy atom. The minimum atomic E-state index is -0.389. The van der Waals surface area contributed by atoms with E-state index in [0.717, 1.165) is 16.7 Å². The smallest absolute Gasteiger partial charge is 0.312 e. The van der Waals surface area contributed by atoms with Gasteiger partial charge in [0.05, 0.1) is 6.42 Å². The van der Waals surface area contributed by atoms with E-state index in [1.165, 1.54) is 0 Å². The summed E-state index contributed by atoms with van der Waals surface area (Å²) in [6.07, 6.45) is 0.582. The topological polar surface area (TPSA) is 69.4 Å². The Labute approximate surface area is 126 Å². The number of rotatable bonds is 6. The standard InChI is InChI=1S/C17H25NO3/c1-11-6-7-12(2)16(21-14(20)8-9-18)15(11)17(4,5)10-13(3)19/h6-7H,8-10,18H2,1-5H3. The lowest BCUT2D eigenvalue weighted by Gasteiger charge is -2.29. The molecule has 21 heavy (non-hydrogen) atoms. The molecule has 0 atom stereocenters. The van der Waals surface area contributed by atoms with E-state index in [-0.39, 0.29) is 30.1 Å². The summed E-state index contributed by atoms with van der Waals surface area (Å²) in [5.74, 6) is 0.339. The zero-order valence-electron chi connectivity index (χ0n) is 13.6. The van der Waals surface area contributed by atoms with Gasteiger partial charge in [-0.2, -0.15) is 0 Å². The number of Topliss-reactive ketones (excluding diaryl/α,β-unsaturated/α-hetero) is 1. The maximum atomic E-state index is 11.8. The fourth-order valence-corrected chi connectivity index (χ4v) is 2.75. The number of benzene rings is 1. The molecular weight excluding hydrogens is 266 g/mol. The van der Waals surface area contributed by atoms with Crippen LogP contribution in [0.5, 0.6) is 5.75 Å². The summed E-state index contributed by atoms with van der Waals surface area (Å²) in [6, 6.07) is 3.92. The van der Waals surface area contributed by atoms with E-state index >= 15 is 0 Å². The molecule has 0 fully saturated rings. The molecular formula is C17H25NO3. The molecule has 4 nitrogen and oxygen atoms in total. The van der Waals surface area contributed by atoms with Crippen LogP contribution in [0.3, 0.4) is 0 Å². The molecule has 1 aromatic carbocycles. The minimum Gasteiger partial charge on any atom is -0.426 e.